The standard InChI is InChI=1S/C7H11F2N3/c1-5(2)7-10-4-11-12(7)3-6(8)9/h4-6H,3H2,1-2H3. The van der Waals surface area contributed by atoms with Crippen LogP contribution in [0.4, 0.5) is 8.78 Å². The minimum atomic E-state index is -2.37. The molecule has 0 radical (unpaired) electrons. The predicted molar refractivity (Wildman–Crippen MR) is 40.1 cm³/mol. The highest BCUT2D eigenvalue weighted by Gasteiger charge is 2.12. The summed E-state index contributed by atoms with van der Waals surface area (Å²) in [6.45, 7) is 3.42. The van der Waals surface area contributed by atoms with E-state index < -0.39 is 6.43 Å². The number of rotatable bonds is 3. The van der Waals surface area contributed by atoms with Crippen LogP contribution < -0.4 is 0 Å². The number of hydrogen-bond donors (Lipinski definition) is 0. The maximum atomic E-state index is 12.0. The topological polar surface area (TPSA) is 30.7 Å². The van der Waals surface area contributed by atoms with Crippen LogP contribution in [0, 0.1) is 0 Å². The van der Waals surface area contributed by atoms with Crippen molar-refractivity contribution >= 4 is 0 Å². The highest BCUT2D eigenvalue weighted by molar-refractivity contribution is 4.91. The zero-order chi connectivity index (χ0) is 9.14. The second-order valence-corrected chi connectivity index (χ2v) is 2.85. The van der Waals surface area contributed by atoms with E-state index in [-0.39, 0.29) is 12.5 Å². The van der Waals surface area contributed by atoms with Gasteiger partial charge < -0.3 is 0 Å². The van der Waals surface area contributed by atoms with E-state index in [0.717, 1.165) is 0 Å². The first-order chi connectivity index (χ1) is 5.61. The van der Waals surface area contributed by atoms with E-state index in [9.17, 15) is 8.78 Å². The van der Waals surface area contributed by atoms with Gasteiger partial charge in [0.2, 0.25) is 0 Å². The first kappa shape index (κ1) is 9.09. The van der Waals surface area contributed by atoms with Crippen molar-refractivity contribution in [1.82, 2.24) is 14.8 Å². The molecule has 0 amide bonds. The van der Waals surface area contributed by atoms with Crippen LogP contribution in [0.3, 0.4) is 0 Å². The average molecular weight is 175 g/mol. The number of aromatic nitrogens is 3. The summed E-state index contributed by atoms with van der Waals surface area (Å²) in [5.41, 5.74) is 0. The van der Waals surface area contributed by atoms with Gasteiger partial charge in [0, 0.05) is 5.92 Å². The minimum Gasteiger partial charge on any atom is -0.244 e. The van der Waals surface area contributed by atoms with Crippen LogP contribution in [0.1, 0.15) is 25.6 Å². The Morgan fingerprint density at radius 3 is 2.67 bits per heavy atom. The molecule has 5 heteroatoms. The Morgan fingerprint density at radius 2 is 2.17 bits per heavy atom. The summed E-state index contributed by atoms with van der Waals surface area (Å²) in [7, 11) is 0. The lowest BCUT2D eigenvalue weighted by molar-refractivity contribution is 0.120. The van der Waals surface area contributed by atoms with Crippen LogP contribution >= 0.6 is 0 Å². The largest absolute Gasteiger partial charge is 0.257 e. The number of hydrogen-bond acceptors (Lipinski definition) is 2. The van der Waals surface area contributed by atoms with Crippen LogP contribution in [0.5, 0.6) is 0 Å². The van der Waals surface area contributed by atoms with Gasteiger partial charge in [-0.2, -0.15) is 5.10 Å². The van der Waals surface area contributed by atoms with Crippen molar-refractivity contribution in [2.75, 3.05) is 0 Å². The molecule has 0 saturated heterocycles. The molecule has 68 valence electrons. The maximum absolute atomic E-state index is 12.0. The van der Waals surface area contributed by atoms with Crippen LogP contribution in [0.2, 0.25) is 0 Å². The summed E-state index contributed by atoms with van der Waals surface area (Å²) in [5.74, 6) is 0.738. The minimum absolute atomic E-state index is 0.131. The average Bonchev–Trinajstić information content (AvgIpc) is 2.33. The molecule has 0 saturated carbocycles. The summed E-state index contributed by atoms with van der Waals surface area (Å²) in [4.78, 5) is 3.89. The molecule has 0 aliphatic rings. The van der Waals surface area contributed by atoms with Crippen molar-refractivity contribution < 1.29 is 8.78 Å². The van der Waals surface area contributed by atoms with E-state index in [1.165, 1.54) is 11.0 Å². The molecule has 1 rings (SSSR count). The lowest BCUT2D eigenvalue weighted by atomic mass is 10.2. The second kappa shape index (κ2) is 3.60. The summed E-state index contributed by atoms with van der Waals surface area (Å²) < 4.78 is 25.2. The molecule has 0 N–H and O–H groups in total. The predicted octanol–water partition coefficient (Wildman–Crippen LogP) is 1.67. The van der Waals surface area contributed by atoms with Crippen LogP contribution in [-0.4, -0.2) is 21.2 Å². The number of halogens is 2. The molecular weight excluding hydrogens is 164 g/mol. The zero-order valence-electron chi connectivity index (χ0n) is 7.04. The van der Waals surface area contributed by atoms with E-state index in [2.05, 4.69) is 10.1 Å². The third-order valence-electron chi connectivity index (χ3n) is 1.47. The molecule has 1 heterocycles. The first-order valence-electron chi connectivity index (χ1n) is 3.77. The molecule has 0 bridgehead atoms. The van der Waals surface area contributed by atoms with E-state index in [1.807, 2.05) is 13.8 Å². The highest BCUT2D eigenvalue weighted by Crippen LogP contribution is 2.11. The number of alkyl halides is 2. The van der Waals surface area contributed by atoms with Crippen molar-refractivity contribution in [2.24, 2.45) is 0 Å². The fourth-order valence-electron chi connectivity index (χ4n) is 0.992. The Bertz CT molecular complexity index is 245. The van der Waals surface area contributed by atoms with Crippen LogP contribution in [-0.2, 0) is 6.54 Å². The SMILES string of the molecule is CC(C)c1ncnn1CC(F)F. The third-order valence-corrected chi connectivity index (χ3v) is 1.47. The van der Waals surface area contributed by atoms with Gasteiger partial charge in [0.25, 0.3) is 6.43 Å². The van der Waals surface area contributed by atoms with E-state index in [0.29, 0.717) is 5.82 Å². The van der Waals surface area contributed by atoms with Crippen molar-refractivity contribution in [2.45, 2.75) is 32.7 Å². The molecule has 1 aromatic heterocycles. The summed E-state index contributed by atoms with van der Waals surface area (Å²) in [6.07, 6.45) is -1.07. The molecule has 0 aliphatic heterocycles. The summed E-state index contributed by atoms with van der Waals surface area (Å²) in [6, 6.07) is 0. The smallest absolute Gasteiger partial charge is 0.244 e. The van der Waals surface area contributed by atoms with E-state index >= 15 is 0 Å². The normalized spacial score (nSPS) is 11.5. The Morgan fingerprint density at radius 1 is 1.50 bits per heavy atom. The Kier molecular flexibility index (Phi) is 2.73. The molecule has 0 spiro atoms. The fourth-order valence-corrected chi connectivity index (χ4v) is 0.992. The van der Waals surface area contributed by atoms with Gasteiger partial charge in [0.1, 0.15) is 18.7 Å². The molecule has 0 aromatic carbocycles. The Balaban J connectivity index is 2.77. The first-order valence-corrected chi connectivity index (χ1v) is 3.77. The van der Waals surface area contributed by atoms with Crippen LogP contribution in [0.25, 0.3) is 0 Å². The van der Waals surface area contributed by atoms with Crippen molar-refractivity contribution in [3.05, 3.63) is 12.2 Å². The molecule has 12 heavy (non-hydrogen) atoms. The van der Waals surface area contributed by atoms with Gasteiger partial charge in [0.05, 0.1) is 0 Å². The van der Waals surface area contributed by atoms with Gasteiger partial charge in [0.15, 0.2) is 0 Å². The molecule has 1 aromatic rings. The van der Waals surface area contributed by atoms with Gasteiger partial charge in [-0.3, -0.25) is 0 Å². The van der Waals surface area contributed by atoms with Gasteiger partial charge >= 0.3 is 0 Å². The van der Waals surface area contributed by atoms with Crippen molar-refractivity contribution in [1.29, 1.82) is 0 Å². The lowest BCUT2D eigenvalue weighted by Gasteiger charge is -2.06. The van der Waals surface area contributed by atoms with E-state index in [1.54, 1.807) is 0 Å². The summed E-state index contributed by atoms with van der Waals surface area (Å²) in [5, 5.41) is 3.70. The molecule has 0 atom stereocenters. The van der Waals surface area contributed by atoms with Crippen LogP contribution in [0.15, 0.2) is 6.33 Å². The van der Waals surface area contributed by atoms with E-state index in [4.69, 9.17) is 0 Å². The van der Waals surface area contributed by atoms with Gasteiger partial charge in [-0.05, 0) is 0 Å². The summed E-state index contributed by atoms with van der Waals surface area (Å²) >= 11 is 0. The molecular formula is C7H11F2N3. The number of nitrogens with zero attached hydrogens (tertiary/aromatic N) is 3. The van der Waals surface area contributed by atoms with Crippen molar-refractivity contribution in [3.8, 4) is 0 Å². The fraction of sp³-hybridized carbons (Fsp3) is 0.714. The maximum Gasteiger partial charge on any atom is 0.257 e. The quantitative estimate of drug-likeness (QED) is 0.699. The lowest BCUT2D eigenvalue weighted by Crippen LogP contribution is -2.12. The van der Waals surface area contributed by atoms with Crippen molar-refractivity contribution in [3.63, 3.8) is 0 Å². The Labute approximate surface area is 69.4 Å². The molecule has 0 fully saturated rings. The Hall–Kier alpha value is -1.00. The van der Waals surface area contributed by atoms with Gasteiger partial charge in [-0.25, -0.2) is 18.4 Å². The third kappa shape index (κ3) is 1.99. The van der Waals surface area contributed by atoms with Gasteiger partial charge in [-0.15, -0.1) is 0 Å². The monoisotopic (exact) mass is 175 g/mol. The molecule has 0 aliphatic carbocycles. The molecule has 0 unspecified atom stereocenters. The molecule has 3 nitrogen and oxygen atoms in total. The van der Waals surface area contributed by atoms with Gasteiger partial charge in [-0.1, -0.05) is 13.8 Å². The zero-order valence-corrected chi connectivity index (χ0v) is 7.04. The second-order valence-electron chi connectivity index (χ2n) is 2.85. The highest BCUT2D eigenvalue weighted by atomic mass is 19.3.